The largest absolute Gasteiger partial charge is 0.450 e. The second-order valence-corrected chi connectivity index (χ2v) is 6.47. The van der Waals surface area contributed by atoms with Gasteiger partial charge in [0.1, 0.15) is 5.69 Å². The second kappa shape index (κ2) is 11.2. The Balaban J connectivity index is 1.84. The van der Waals surface area contributed by atoms with Crippen molar-refractivity contribution < 1.29 is 23.9 Å². The van der Waals surface area contributed by atoms with E-state index in [1.807, 2.05) is 0 Å². The molecule has 0 spiro atoms. The van der Waals surface area contributed by atoms with Crippen LogP contribution in [0.4, 0.5) is 4.79 Å². The van der Waals surface area contributed by atoms with E-state index < -0.39 is 0 Å². The lowest BCUT2D eigenvalue weighted by molar-refractivity contribution is 0.0859. The molecule has 2 rings (SSSR count). The predicted molar refractivity (Wildman–Crippen MR) is 102 cm³/mol. The Morgan fingerprint density at radius 2 is 2.00 bits per heavy atom. The van der Waals surface area contributed by atoms with Gasteiger partial charge in [0.15, 0.2) is 0 Å². The summed E-state index contributed by atoms with van der Waals surface area (Å²) in [5, 5.41) is 5.70. The number of rotatable bonds is 8. The summed E-state index contributed by atoms with van der Waals surface area (Å²) in [5.41, 5.74) is 0.576. The van der Waals surface area contributed by atoms with Gasteiger partial charge in [0.2, 0.25) is 0 Å². The molecule has 1 aromatic rings. The molecule has 9 nitrogen and oxygen atoms in total. The topological polar surface area (TPSA) is 110 Å². The highest BCUT2D eigenvalue weighted by molar-refractivity contribution is 5.98. The van der Waals surface area contributed by atoms with Crippen molar-refractivity contribution >= 4 is 17.9 Å². The fourth-order valence-corrected chi connectivity index (χ4v) is 2.89. The van der Waals surface area contributed by atoms with Crippen LogP contribution in [0, 0.1) is 0 Å². The molecule has 3 amide bonds. The van der Waals surface area contributed by atoms with Gasteiger partial charge >= 0.3 is 6.09 Å². The van der Waals surface area contributed by atoms with Crippen molar-refractivity contribution in [2.24, 2.45) is 0 Å². The summed E-state index contributed by atoms with van der Waals surface area (Å²) < 4.78 is 9.93. The van der Waals surface area contributed by atoms with Crippen LogP contribution in [0.25, 0.3) is 0 Å². The second-order valence-electron chi connectivity index (χ2n) is 6.47. The monoisotopic (exact) mass is 392 g/mol. The van der Waals surface area contributed by atoms with Crippen LogP contribution in [0.3, 0.4) is 0 Å². The molecule has 1 aromatic heterocycles. The fourth-order valence-electron chi connectivity index (χ4n) is 2.89. The highest BCUT2D eigenvalue weighted by Crippen LogP contribution is 2.13. The Morgan fingerprint density at radius 3 is 2.68 bits per heavy atom. The smallest absolute Gasteiger partial charge is 0.409 e. The van der Waals surface area contributed by atoms with Crippen LogP contribution < -0.4 is 10.6 Å². The SMILES string of the molecule is CCOC(=O)N1CCC(NC(=O)c2ccnc(C(=O)NCCCOC)c2)CC1. The van der Waals surface area contributed by atoms with Crippen molar-refractivity contribution in [1.82, 2.24) is 20.5 Å². The van der Waals surface area contributed by atoms with Crippen LogP contribution in [0.1, 0.15) is 47.0 Å². The number of amides is 3. The van der Waals surface area contributed by atoms with Gasteiger partial charge in [-0.1, -0.05) is 0 Å². The highest BCUT2D eigenvalue weighted by Gasteiger charge is 2.25. The minimum absolute atomic E-state index is 0.0299. The van der Waals surface area contributed by atoms with Gasteiger partial charge in [-0.05, 0) is 38.3 Å². The summed E-state index contributed by atoms with van der Waals surface area (Å²) in [6.07, 6.45) is 3.14. The standard InChI is InChI=1S/C19H28N4O5/c1-3-28-19(26)23-10-6-15(7-11-23)22-17(24)14-5-9-20-16(13-14)18(25)21-8-4-12-27-2/h5,9,13,15H,3-4,6-8,10-12H2,1-2H3,(H,21,25)(H,22,24). The van der Waals surface area contributed by atoms with Crippen LogP contribution in [0.2, 0.25) is 0 Å². The van der Waals surface area contributed by atoms with Crippen LogP contribution in [-0.2, 0) is 9.47 Å². The Labute approximate surface area is 164 Å². The number of hydrogen-bond donors (Lipinski definition) is 2. The van der Waals surface area contributed by atoms with E-state index in [0.717, 1.165) is 0 Å². The highest BCUT2D eigenvalue weighted by atomic mass is 16.6. The maximum atomic E-state index is 12.5. The molecule has 0 radical (unpaired) electrons. The Hall–Kier alpha value is -2.68. The van der Waals surface area contributed by atoms with E-state index in [9.17, 15) is 14.4 Å². The lowest BCUT2D eigenvalue weighted by Gasteiger charge is -2.31. The molecule has 0 saturated carbocycles. The molecular weight excluding hydrogens is 364 g/mol. The van der Waals surface area contributed by atoms with E-state index >= 15 is 0 Å². The van der Waals surface area contributed by atoms with Gasteiger partial charge in [-0.15, -0.1) is 0 Å². The van der Waals surface area contributed by atoms with E-state index in [2.05, 4.69) is 15.6 Å². The van der Waals surface area contributed by atoms with Gasteiger partial charge in [0.25, 0.3) is 11.8 Å². The van der Waals surface area contributed by atoms with Crippen molar-refractivity contribution in [2.45, 2.75) is 32.2 Å². The van der Waals surface area contributed by atoms with Crippen LogP contribution in [-0.4, -0.2) is 73.8 Å². The van der Waals surface area contributed by atoms with Crippen molar-refractivity contribution in [3.05, 3.63) is 29.6 Å². The number of aromatic nitrogens is 1. The van der Waals surface area contributed by atoms with Gasteiger partial charge in [-0.25, -0.2) is 4.79 Å². The molecule has 2 heterocycles. The molecule has 1 aliphatic heterocycles. The summed E-state index contributed by atoms with van der Waals surface area (Å²) in [6, 6.07) is 3.03. The first-order valence-corrected chi connectivity index (χ1v) is 9.51. The van der Waals surface area contributed by atoms with E-state index in [0.29, 0.717) is 57.7 Å². The van der Waals surface area contributed by atoms with Gasteiger partial charge in [-0.3, -0.25) is 14.6 Å². The number of likely N-dealkylation sites (tertiary alicyclic amines) is 1. The Kier molecular flexibility index (Phi) is 8.67. The first kappa shape index (κ1) is 21.6. The van der Waals surface area contributed by atoms with Crippen LogP contribution >= 0.6 is 0 Å². The molecule has 9 heteroatoms. The number of carbonyl (C=O) groups excluding carboxylic acids is 3. The maximum absolute atomic E-state index is 12.5. The Bertz CT molecular complexity index is 674. The van der Waals surface area contributed by atoms with E-state index in [1.54, 1.807) is 25.0 Å². The number of nitrogens with zero attached hydrogens (tertiary/aromatic N) is 2. The van der Waals surface area contributed by atoms with Gasteiger partial charge in [0, 0.05) is 51.2 Å². The van der Waals surface area contributed by atoms with Crippen molar-refractivity contribution in [3.8, 4) is 0 Å². The average molecular weight is 392 g/mol. The number of carbonyl (C=O) groups is 3. The van der Waals surface area contributed by atoms with Crippen molar-refractivity contribution in [3.63, 3.8) is 0 Å². The molecule has 1 aliphatic rings. The number of nitrogens with one attached hydrogen (secondary N) is 2. The molecular formula is C19H28N4O5. The summed E-state index contributed by atoms with van der Waals surface area (Å²) in [5.74, 6) is -0.584. The Morgan fingerprint density at radius 1 is 1.25 bits per heavy atom. The summed E-state index contributed by atoms with van der Waals surface area (Å²) in [6.45, 7) is 4.23. The molecule has 0 unspecified atom stereocenters. The molecule has 0 aliphatic carbocycles. The maximum Gasteiger partial charge on any atom is 0.409 e. The van der Waals surface area contributed by atoms with Crippen molar-refractivity contribution in [1.29, 1.82) is 0 Å². The number of ether oxygens (including phenoxy) is 2. The first-order valence-electron chi connectivity index (χ1n) is 9.51. The predicted octanol–water partition coefficient (Wildman–Crippen LogP) is 1.20. The number of methoxy groups -OCH3 is 1. The third-order valence-electron chi connectivity index (χ3n) is 4.42. The molecule has 154 valence electrons. The van der Waals surface area contributed by atoms with Crippen LogP contribution in [0.5, 0.6) is 0 Å². The van der Waals surface area contributed by atoms with E-state index in [-0.39, 0.29) is 29.6 Å². The summed E-state index contributed by atoms with van der Waals surface area (Å²) >= 11 is 0. The minimum Gasteiger partial charge on any atom is -0.450 e. The van der Waals surface area contributed by atoms with Gasteiger partial charge in [0.05, 0.1) is 6.61 Å². The quantitative estimate of drug-likeness (QED) is 0.643. The normalized spacial score (nSPS) is 14.4. The lowest BCUT2D eigenvalue weighted by atomic mass is 10.0. The van der Waals surface area contributed by atoms with Crippen molar-refractivity contribution in [2.75, 3.05) is 40.0 Å². The zero-order valence-corrected chi connectivity index (χ0v) is 16.4. The third-order valence-corrected chi connectivity index (χ3v) is 4.42. The zero-order valence-electron chi connectivity index (χ0n) is 16.4. The molecule has 28 heavy (non-hydrogen) atoms. The summed E-state index contributed by atoms with van der Waals surface area (Å²) in [7, 11) is 1.60. The minimum atomic E-state index is -0.325. The number of piperidine rings is 1. The number of hydrogen-bond acceptors (Lipinski definition) is 6. The third kappa shape index (κ3) is 6.49. The molecule has 2 N–H and O–H groups in total. The molecule has 1 fully saturated rings. The van der Waals surface area contributed by atoms with E-state index in [1.165, 1.54) is 12.3 Å². The average Bonchev–Trinajstić information content (AvgIpc) is 2.72. The van der Waals surface area contributed by atoms with Crippen LogP contribution in [0.15, 0.2) is 18.3 Å². The molecule has 0 aromatic carbocycles. The first-order chi connectivity index (χ1) is 13.5. The molecule has 0 bridgehead atoms. The molecule has 1 saturated heterocycles. The number of pyridine rings is 1. The summed E-state index contributed by atoms with van der Waals surface area (Å²) in [4.78, 5) is 42.0. The van der Waals surface area contributed by atoms with Gasteiger partial charge < -0.3 is 25.0 Å². The lowest BCUT2D eigenvalue weighted by Crippen LogP contribution is -2.46. The molecule has 0 atom stereocenters. The van der Waals surface area contributed by atoms with Gasteiger partial charge in [-0.2, -0.15) is 0 Å². The zero-order chi connectivity index (χ0) is 20.4. The van der Waals surface area contributed by atoms with E-state index in [4.69, 9.17) is 9.47 Å². The fraction of sp³-hybridized carbons (Fsp3) is 0.579.